The predicted molar refractivity (Wildman–Crippen MR) is 99.6 cm³/mol. The Labute approximate surface area is 156 Å². The maximum Gasteiger partial charge on any atom is 0.324 e. The molecule has 0 saturated carbocycles. The average Bonchev–Trinajstić information content (AvgIpc) is 2.69. The van der Waals surface area contributed by atoms with Gasteiger partial charge in [0.2, 0.25) is 0 Å². The van der Waals surface area contributed by atoms with Crippen LogP contribution in [0.4, 0.5) is 16.3 Å². The first-order valence-electron chi connectivity index (χ1n) is 8.68. The molecule has 0 aliphatic carbocycles. The number of carbonyl (C=O) groups is 1. The van der Waals surface area contributed by atoms with Crippen LogP contribution in [0.15, 0.2) is 36.8 Å². The second-order valence-electron chi connectivity index (χ2n) is 6.48. The third-order valence-corrected chi connectivity index (χ3v) is 5.16. The highest BCUT2D eigenvalue weighted by atomic mass is 35.5. The van der Waals surface area contributed by atoms with Gasteiger partial charge >= 0.3 is 6.03 Å². The zero-order chi connectivity index (χ0) is 18.1. The lowest BCUT2D eigenvalue weighted by Crippen LogP contribution is -2.54. The van der Waals surface area contributed by atoms with E-state index in [4.69, 9.17) is 11.6 Å². The number of fused-ring (bicyclic) bond motifs is 1. The van der Waals surface area contributed by atoms with Crippen LogP contribution in [-0.4, -0.2) is 58.7 Å². The van der Waals surface area contributed by atoms with Crippen molar-refractivity contribution in [2.24, 2.45) is 0 Å². The summed E-state index contributed by atoms with van der Waals surface area (Å²) < 4.78 is 0. The molecule has 1 N–H and O–H groups in total. The highest BCUT2D eigenvalue weighted by Crippen LogP contribution is 2.36. The number of carbonyl (C=O) groups excluding carboxylic acids is 1. The van der Waals surface area contributed by atoms with Crippen LogP contribution in [0.25, 0.3) is 0 Å². The molecule has 1 unspecified atom stereocenters. The summed E-state index contributed by atoms with van der Waals surface area (Å²) in [6, 6.07) is 5.28. The van der Waals surface area contributed by atoms with Gasteiger partial charge in [0.05, 0.1) is 18.0 Å². The summed E-state index contributed by atoms with van der Waals surface area (Å²) in [7, 11) is 0. The molecule has 2 aromatic rings. The predicted octanol–water partition coefficient (Wildman–Crippen LogP) is 2.32. The first-order valence-corrected chi connectivity index (χ1v) is 9.06. The fraction of sp³-hybridized carbons (Fsp3) is 0.389. The number of aliphatic hydroxyl groups excluding tert-OH is 1. The second-order valence-corrected chi connectivity index (χ2v) is 6.92. The summed E-state index contributed by atoms with van der Waals surface area (Å²) in [4.78, 5) is 27.2. The maximum atomic E-state index is 13.0. The zero-order valence-electron chi connectivity index (χ0n) is 14.3. The molecule has 26 heavy (non-hydrogen) atoms. The van der Waals surface area contributed by atoms with Crippen LogP contribution in [0.2, 0.25) is 5.02 Å². The third kappa shape index (κ3) is 3.20. The minimum absolute atomic E-state index is 0.0285. The van der Waals surface area contributed by atoms with Gasteiger partial charge in [-0.2, -0.15) is 0 Å². The summed E-state index contributed by atoms with van der Waals surface area (Å²) in [6.45, 7) is 3.18. The molecule has 7 nitrogen and oxygen atoms in total. The standard InChI is InChI=1S/C18H20ClN5O2/c19-13-1-2-15-14(11-13)16(25)3-6-24(15)18(26)23-9-7-22(8-10-23)17-12-20-4-5-21-17/h1-2,4-5,11-12,16,25H,3,6-10H2. The minimum Gasteiger partial charge on any atom is -0.388 e. The van der Waals surface area contributed by atoms with E-state index < -0.39 is 6.10 Å². The van der Waals surface area contributed by atoms with Crippen molar-refractivity contribution in [2.45, 2.75) is 12.5 Å². The normalized spacial score (nSPS) is 20.1. The average molecular weight is 374 g/mol. The molecule has 2 aliphatic rings. The number of benzene rings is 1. The van der Waals surface area contributed by atoms with Gasteiger partial charge < -0.3 is 14.9 Å². The molecule has 4 rings (SSSR count). The van der Waals surface area contributed by atoms with E-state index in [9.17, 15) is 9.90 Å². The van der Waals surface area contributed by atoms with Crippen LogP contribution >= 0.6 is 11.6 Å². The molecule has 0 bridgehead atoms. The van der Waals surface area contributed by atoms with Gasteiger partial charge in [-0.1, -0.05) is 11.6 Å². The fourth-order valence-electron chi connectivity index (χ4n) is 3.52. The van der Waals surface area contributed by atoms with Crippen LogP contribution < -0.4 is 9.80 Å². The van der Waals surface area contributed by atoms with Crippen molar-refractivity contribution in [3.8, 4) is 0 Å². The van der Waals surface area contributed by atoms with E-state index in [1.165, 1.54) is 0 Å². The lowest BCUT2D eigenvalue weighted by Gasteiger charge is -2.40. The van der Waals surface area contributed by atoms with Crippen LogP contribution in [0, 0.1) is 0 Å². The summed E-state index contributed by atoms with van der Waals surface area (Å²) in [6.07, 6.45) is 5.00. The lowest BCUT2D eigenvalue weighted by molar-refractivity contribution is 0.160. The van der Waals surface area contributed by atoms with Crippen LogP contribution in [0.3, 0.4) is 0 Å². The van der Waals surface area contributed by atoms with Crippen molar-refractivity contribution in [1.29, 1.82) is 0 Å². The molecule has 3 heterocycles. The number of hydrogen-bond acceptors (Lipinski definition) is 5. The lowest BCUT2D eigenvalue weighted by atomic mass is 9.99. The number of hydrogen-bond donors (Lipinski definition) is 1. The first-order chi connectivity index (χ1) is 12.6. The number of amides is 2. The van der Waals surface area contributed by atoms with Gasteiger partial charge in [0, 0.05) is 55.7 Å². The summed E-state index contributed by atoms with van der Waals surface area (Å²) in [5.41, 5.74) is 1.46. The fourth-order valence-corrected chi connectivity index (χ4v) is 3.70. The molecule has 0 radical (unpaired) electrons. The van der Waals surface area contributed by atoms with Gasteiger partial charge in [0.15, 0.2) is 0 Å². The number of piperazine rings is 1. The molecule has 0 spiro atoms. The third-order valence-electron chi connectivity index (χ3n) is 4.92. The largest absolute Gasteiger partial charge is 0.388 e. The SMILES string of the molecule is O=C(N1CCN(c2cnccn2)CC1)N1CCC(O)c2cc(Cl)ccc21. The quantitative estimate of drug-likeness (QED) is 0.830. The van der Waals surface area contributed by atoms with Gasteiger partial charge in [-0.3, -0.25) is 9.88 Å². The van der Waals surface area contributed by atoms with E-state index in [0.717, 1.165) is 17.1 Å². The summed E-state index contributed by atoms with van der Waals surface area (Å²) >= 11 is 6.05. The number of halogens is 1. The molecule has 1 atom stereocenters. The molecule has 2 aliphatic heterocycles. The highest BCUT2D eigenvalue weighted by molar-refractivity contribution is 6.30. The van der Waals surface area contributed by atoms with Crippen molar-refractivity contribution in [3.63, 3.8) is 0 Å². The van der Waals surface area contributed by atoms with Gasteiger partial charge in [-0.25, -0.2) is 9.78 Å². The van der Waals surface area contributed by atoms with E-state index in [1.54, 1.807) is 35.6 Å². The Kier molecular flexibility index (Phi) is 4.65. The summed E-state index contributed by atoms with van der Waals surface area (Å²) in [5.74, 6) is 0.834. The molecule has 1 fully saturated rings. The topological polar surface area (TPSA) is 72.8 Å². The molecule has 1 saturated heterocycles. The highest BCUT2D eigenvalue weighted by Gasteiger charge is 2.32. The monoisotopic (exact) mass is 373 g/mol. The van der Waals surface area contributed by atoms with Gasteiger partial charge in [-0.15, -0.1) is 0 Å². The van der Waals surface area contributed by atoms with E-state index in [0.29, 0.717) is 44.2 Å². The number of nitrogens with zero attached hydrogens (tertiary/aromatic N) is 5. The van der Waals surface area contributed by atoms with Gasteiger partial charge in [0.1, 0.15) is 5.82 Å². The van der Waals surface area contributed by atoms with Gasteiger partial charge in [0.25, 0.3) is 0 Å². The van der Waals surface area contributed by atoms with Crippen molar-refractivity contribution in [1.82, 2.24) is 14.9 Å². The Morgan fingerprint density at radius 3 is 2.69 bits per heavy atom. The van der Waals surface area contributed by atoms with Crippen LogP contribution in [0.1, 0.15) is 18.1 Å². The zero-order valence-corrected chi connectivity index (χ0v) is 15.0. The molecule has 1 aromatic carbocycles. The number of aliphatic hydroxyl groups is 1. The minimum atomic E-state index is -0.582. The Morgan fingerprint density at radius 1 is 1.15 bits per heavy atom. The van der Waals surface area contributed by atoms with E-state index in [1.807, 2.05) is 11.0 Å². The van der Waals surface area contributed by atoms with Crippen molar-refractivity contribution >= 4 is 29.1 Å². The molecule has 8 heteroatoms. The Balaban J connectivity index is 1.47. The molecular weight excluding hydrogens is 354 g/mol. The van der Waals surface area contributed by atoms with E-state index in [-0.39, 0.29) is 6.03 Å². The van der Waals surface area contributed by atoms with Crippen LogP contribution in [-0.2, 0) is 0 Å². The smallest absolute Gasteiger partial charge is 0.324 e. The number of rotatable bonds is 1. The van der Waals surface area contributed by atoms with E-state index in [2.05, 4.69) is 14.9 Å². The first kappa shape index (κ1) is 17.1. The molecular formula is C18H20ClN5O2. The number of anilines is 2. The Bertz CT molecular complexity index is 795. The number of aromatic nitrogens is 2. The molecule has 1 aromatic heterocycles. The molecule has 2 amide bonds. The Morgan fingerprint density at radius 2 is 1.96 bits per heavy atom. The Hall–Kier alpha value is -2.38. The van der Waals surface area contributed by atoms with E-state index >= 15 is 0 Å². The van der Waals surface area contributed by atoms with Crippen molar-refractivity contribution in [2.75, 3.05) is 42.5 Å². The molecule has 136 valence electrons. The van der Waals surface area contributed by atoms with Crippen LogP contribution in [0.5, 0.6) is 0 Å². The maximum absolute atomic E-state index is 13.0. The summed E-state index contributed by atoms with van der Waals surface area (Å²) in [5, 5.41) is 10.8. The number of urea groups is 1. The van der Waals surface area contributed by atoms with Crippen molar-refractivity contribution < 1.29 is 9.90 Å². The van der Waals surface area contributed by atoms with Gasteiger partial charge in [-0.05, 0) is 24.6 Å². The second kappa shape index (κ2) is 7.09. The van der Waals surface area contributed by atoms with Crippen molar-refractivity contribution in [3.05, 3.63) is 47.4 Å².